The van der Waals surface area contributed by atoms with E-state index < -0.39 is 41.9 Å². The van der Waals surface area contributed by atoms with Crippen molar-refractivity contribution in [3.63, 3.8) is 0 Å². The van der Waals surface area contributed by atoms with Crippen LogP contribution in [0, 0.1) is 11.3 Å². The van der Waals surface area contributed by atoms with Crippen LogP contribution in [0.2, 0.25) is 0 Å². The lowest BCUT2D eigenvalue weighted by molar-refractivity contribution is -0.155. The molecule has 2 aromatic heterocycles. The molecule has 0 unspecified atom stereocenters. The maximum absolute atomic E-state index is 12.3. The lowest BCUT2D eigenvalue weighted by atomic mass is 9.92. The highest BCUT2D eigenvalue weighted by atomic mass is 16.6. The minimum Gasteiger partial charge on any atom is -0.466 e. The number of nitriles is 1. The van der Waals surface area contributed by atoms with Crippen molar-refractivity contribution >= 4 is 23.3 Å². The fraction of sp³-hybridized carbons (Fsp3) is 0.609. The van der Waals surface area contributed by atoms with E-state index in [1.165, 1.54) is 16.9 Å². The number of likely N-dealkylation sites (N-methyl/N-ethyl adjacent to an activating group) is 1. The Hall–Kier alpha value is -3.31. The molecular weight excluding hydrogens is 472 g/mol. The van der Waals surface area contributed by atoms with Gasteiger partial charge in [0.2, 0.25) is 5.60 Å². The van der Waals surface area contributed by atoms with Gasteiger partial charge in [0.15, 0.2) is 5.82 Å². The number of ether oxygens (including phenoxy) is 3. The Balaban J connectivity index is 1.60. The Kier molecular flexibility index (Phi) is 8.47. The van der Waals surface area contributed by atoms with Crippen molar-refractivity contribution in [1.29, 1.82) is 5.26 Å². The highest BCUT2D eigenvalue weighted by Gasteiger charge is 2.57. The number of fused-ring (bicyclic) bond motifs is 1. The molecule has 1 aliphatic rings. The first-order valence-electron chi connectivity index (χ1n) is 11.6. The topological polar surface area (TPSA) is 186 Å². The lowest BCUT2D eigenvalue weighted by Gasteiger charge is -2.24. The molecule has 1 fully saturated rings. The number of hydrogen-bond acceptors (Lipinski definition) is 12. The van der Waals surface area contributed by atoms with Crippen molar-refractivity contribution in [3.05, 3.63) is 24.2 Å². The number of rotatable bonds is 10. The molecule has 196 valence electrons. The maximum Gasteiger partial charge on any atom is 0.323 e. The molecule has 13 heteroatoms. The summed E-state index contributed by atoms with van der Waals surface area (Å²) in [7, 11) is 3.46. The number of aromatic nitrogens is 3. The molecule has 0 bridgehead atoms. The molecule has 0 aliphatic carbocycles. The molecule has 4 N–H and O–H groups in total. The Morgan fingerprint density at radius 2 is 2.08 bits per heavy atom. The highest BCUT2D eigenvalue weighted by Crippen LogP contribution is 2.41. The van der Waals surface area contributed by atoms with E-state index >= 15 is 0 Å². The summed E-state index contributed by atoms with van der Waals surface area (Å²) in [4.78, 5) is 30.1. The normalized spacial score (nSPS) is 24.7. The molecule has 3 heterocycles. The summed E-state index contributed by atoms with van der Waals surface area (Å²) in [6.45, 7) is 3.50. The first-order chi connectivity index (χ1) is 17.0. The first-order valence-corrected chi connectivity index (χ1v) is 11.6. The number of aliphatic hydroxyl groups excluding tert-OH is 2. The van der Waals surface area contributed by atoms with Crippen LogP contribution in [0.25, 0.3) is 5.52 Å². The van der Waals surface area contributed by atoms with E-state index in [-0.39, 0.29) is 43.5 Å². The third-order valence-corrected chi connectivity index (χ3v) is 6.02. The minimum absolute atomic E-state index is 0.00653. The van der Waals surface area contributed by atoms with Crippen LogP contribution in [-0.4, -0.2) is 92.8 Å². The van der Waals surface area contributed by atoms with Crippen LogP contribution in [0.1, 0.15) is 38.8 Å². The number of nitrogen functional groups attached to an aromatic ring is 1. The van der Waals surface area contributed by atoms with Crippen molar-refractivity contribution in [2.45, 2.75) is 69.2 Å². The van der Waals surface area contributed by atoms with Crippen molar-refractivity contribution in [3.8, 4) is 6.07 Å². The zero-order valence-corrected chi connectivity index (χ0v) is 20.7. The predicted octanol–water partition coefficient (Wildman–Crippen LogP) is -0.254. The Morgan fingerprint density at radius 3 is 2.72 bits per heavy atom. The second-order valence-corrected chi connectivity index (χ2v) is 9.11. The standard InChI is InChI=1S/C23H32N6O7/c1-13(2)35-22(33)15(28(3)4)9-10-34-18(30)8-6-16-19(31)20(32)23(11-24,36-16)17-7-5-14-21(25)26-12-27-29(14)17/h5,7,12-13,15-16,19-20,31-32H,6,8-10H2,1-4H3,(H2,25,26,27)/t15-,16+,19+,20+,23-/m0/s1. The van der Waals surface area contributed by atoms with Crippen LogP contribution in [-0.2, 0) is 29.4 Å². The minimum atomic E-state index is -1.93. The molecule has 3 rings (SSSR count). The van der Waals surface area contributed by atoms with Crippen LogP contribution in [0.3, 0.4) is 0 Å². The smallest absolute Gasteiger partial charge is 0.323 e. The van der Waals surface area contributed by atoms with Crippen LogP contribution < -0.4 is 5.73 Å². The highest BCUT2D eigenvalue weighted by molar-refractivity contribution is 5.76. The summed E-state index contributed by atoms with van der Waals surface area (Å²) >= 11 is 0. The SMILES string of the molecule is CC(C)OC(=O)[C@H](CCOC(=O)CC[C@H]1O[C@@](C#N)(c2ccc3c(N)ncnn23)[C@H](O)[C@@H]1O)N(C)C. The summed E-state index contributed by atoms with van der Waals surface area (Å²) in [6.07, 6.45) is -3.02. The van der Waals surface area contributed by atoms with Crippen molar-refractivity contribution in [1.82, 2.24) is 19.5 Å². The largest absolute Gasteiger partial charge is 0.466 e. The lowest BCUT2D eigenvalue weighted by Crippen LogP contribution is -2.40. The van der Waals surface area contributed by atoms with E-state index in [1.807, 2.05) is 6.07 Å². The van der Waals surface area contributed by atoms with E-state index in [0.717, 1.165) is 0 Å². The Bertz CT molecular complexity index is 1130. The Labute approximate surface area is 208 Å². The second kappa shape index (κ2) is 11.2. The molecule has 1 saturated heterocycles. The molecule has 0 saturated carbocycles. The van der Waals surface area contributed by atoms with Gasteiger partial charge in [-0.2, -0.15) is 10.4 Å². The molecule has 0 aromatic carbocycles. The van der Waals surface area contributed by atoms with E-state index in [4.69, 9.17) is 19.9 Å². The van der Waals surface area contributed by atoms with Gasteiger partial charge >= 0.3 is 11.9 Å². The van der Waals surface area contributed by atoms with E-state index in [1.54, 1.807) is 38.9 Å². The van der Waals surface area contributed by atoms with Crippen LogP contribution in [0.15, 0.2) is 18.5 Å². The first kappa shape index (κ1) is 27.3. The average Bonchev–Trinajstić information content (AvgIpc) is 3.36. The van der Waals surface area contributed by atoms with Gasteiger partial charge in [-0.3, -0.25) is 14.5 Å². The van der Waals surface area contributed by atoms with Gasteiger partial charge in [0.1, 0.15) is 36.2 Å². The summed E-state index contributed by atoms with van der Waals surface area (Å²) < 4.78 is 17.7. The number of nitrogens with zero attached hydrogens (tertiary/aromatic N) is 5. The van der Waals surface area contributed by atoms with Crippen LogP contribution in [0.5, 0.6) is 0 Å². The summed E-state index contributed by atoms with van der Waals surface area (Å²) in [5, 5.41) is 35.4. The number of aliphatic hydroxyl groups is 2. The average molecular weight is 505 g/mol. The van der Waals surface area contributed by atoms with Crippen LogP contribution in [0.4, 0.5) is 5.82 Å². The molecule has 5 atom stereocenters. The van der Waals surface area contributed by atoms with Crippen LogP contribution >= 0.6 is 0 Å². The molecule has 13 nitrogen and oxygen atoms in total. The van der Waals surface area contributed by atoms with Gasteiger partial charge in [-0.05, 0) is 46.5 Å². The quantitative estimate of drug-likeness (QED) is 0.361. The summed E-state index contributed by atoms with van der Waals surface area (Å²) in [5.74, 6) is -0.802. The number of hydrogen-bond donors (Lipinski definition) is 3. The molecular formula is C23H32N6O7. The summed E-state index contributed by atoms with van der Waals surface area (Å²) in [6, 6.07) is 4.48. The van der Waals surface area contributed by atoms with Crippen molar-refractivity contribution in [2.24, 2.45) is 0 Å². The molecule has 0 amide bonds. The third-order valence-electron chi connectivity index (χ3n) is 6.02. The number of carbonyl (C=O) groups is 2. The second-order valence-electron chi connectivity index (χ2n) is 9.11. The third kappa shape index (κ3) is 5.41. The van der Waals surface area contributed by atoms with Gasteiger partial charge in [-0.1, -0.05) is 0 Å². The number of nitrogens with two attached hydrogens (primary N) is 1. The van der Waals surface area contributed by atoms with Gasteiger partial charge < -0.3 is 30.2 Å². The maximum atomic E-state index is 12.3. The number of anilines is 1. The monoisotopic (exact) mass is 504 g/mol. The van der Waals surface area contributed by atoms with Crippen molar-refractivity contribution < 1.29 is 34.0 Å². The predicted molar refractivity (Wildman–Crippen MR) is 125 cm³/mol. The Morgan fingerprint density at radius 1 is 1.36 bits per heavy atom. The van der Waals surface area contributed by atoms with Gasteiger partial charge in [-0.25, -0.2) is 9.50 Å². The molecule has 0 radical (unpaired) electrons. The fourth-order valence-electron chi connectivity index (χ4n) is 4.16. The van der Waals surface area contributed by atoms with Gasteiger partial charge in [0.05, 0.1) is 24.5 Å². The zero-order valence-electron chi connectivity index (χ0n) is 20.7. The number of carbonyl (C=O) groups excluding carboxylic acids is 2. The van der Waals surface area contributed by atoms with E-state index in [0.29, 0.717) is 5.52 Å². The van der Waals surface area contributed by atoms with E-state index in [2.05, 4.69) is 10.1 Å². The van der Waals surface area contributed by atoms with E-state index in [9.17, 15) is 25.1 Å². The molecule has 2 aromatic rings. The van der Waals surface area contributed by atoms with Crippen molar-refractivity contribution in [2.75, 3.05) is 26.4 Å². The number of esters is 2. The van der Waals surface area contributed by atoms with Gasteiger partial charge in [0, 0.05) is 12.8 Å². The van der Waals surface area contributed by atoms with Gasteiger partial charge in [-0.15, -0.1) is 0 Å². The zero-order chi connectivity index (χ0) is 26.6. The summed E-state index contributed by atoms with van der Waals surface area (Å²) in [5.41, 5.74) is 4.50. The molecule has 1 aliphatic heterocycles. The van der Waals surface area contributed by atoms with Gasteiger partial charge in [0.25, 0.3) is 0 Å². The fourth-order valence-corrected chi connectivity index (χ4v) is 4.16. The molecule has 36 heavy (non-hydrogen) atoms. The molecule has 0 spiro atoms.